The molecule has 1 unspecified atom stereocenters. The molecule has 25 heavy (non-hydrogen) atoms. The maximum atomic E-state index is 5.42. The number of aliphatic imine (C=N–C) groups is 1. The van der Waals surface area contributed by atoms with Crippen LogP contribution in [0.1, 0.15) is 24.1 Å². The van der Waals surface area contributed by atoms with Gasteiger partial charge < -0.3 is 20.1 Å². The third-order valence-corrected chi connectivity index (χ3v) is 3.82. The van der Waals surface area contributed by atoms with Crippen molar-refractivity contribution in [3.05, 3.63) is 59.7 Å². The van der Waals surface area contributed by atoms with Gasteiger partial charge in [-0.3, -0.25) is 4.99 Å². The Hall–Kier alpha value is -1.96. The van der Waals surface area contributed by atoms with E-state index in [4.69, 9.17) is 9.47 Å². The number of rotatable bonds is 6. The van der Waals surface area contributed by atoms with Crippen LogP contribution in [-0.2, 0) is 6.54 Å². The molecule has 2 rings (SSSR count). The van der Waals surface area contributed by atoms with E-state index in [2.05, 4.69) is 34.7 Å². The van der Waals surface area contributed by atoms with Crippen LogP contribution in [0.5, 0.6) is 11.5 Å². The zero-order valence-corrected chi connectivity index (χ0v) is 17.4. The molecule has 5 nitrogen and oxygen atoms in total. The van der Waals surface area contributed by atoms with E-state index in [0.29, 0.717) is 6.54 Å². The largest absolute Gasteiger partial charge is 0.497 e. The van der Waals surface area contributed by atoms with E-state index in [1.807, 2.05) is 36.4 Å². The normalized spacial score (nSPS) is 11.9. The molecule has 2 aromatic carbocycles. The van der Waals surface area contributed by atoms with E-state index in [1.54, 1.807) is 21.3 Å². The van der Waals surface area contributed by atoms with Crippen LogP contribution >= 0.6 is 24.0 Å². The van der Waals surface area contributed by atoms with E-state index < -0.39 is 0 Å². The van der Waals surface area contributed by atoms with Crippen LogP contribution in [0.25, 0.3) is 0 Å². The van der Waals surface area contributed by atoms with Gasteiger partial charge in [-0.15, -0.1) is 24.0 Å². The minimum Gasteiger partial charge on any atom is -0.497 e. The third kappa shape index (κ3) is 6.12. The first-order chi connectivity index (χ1) is 11.7. The Morgan fingerprint density at radius 1 is 1.08 bits per heavy atom. The van der Waals surface area contributed by atoms with Crippen molar-refractivity contribution in [2.45, 2.75) is 19.5 Å². The summed E-state index contributed by atoms with van der Waals surface area (Å²) >= 11 is 0. The Labute approximate surface area is 166 Å². The van der Waals surface area contributed by atoms with Crippen molar-refractivity contribution in [1.29, 1.82) is 0 Å². The van der Waals surface area contributed by atoms with Crippen molar-refractivity contribution in [1.82, 2.24) is 10.6 Å². The molecule has 0 heterocycles. The number of nitrogens with zero attached hydrogens (tertiary/aromatic N) is 1. The molecule has 0 aliphatic carbocycles. The molecular weight excluding hydrogens is 429 g/mol. The van der Waals surface area contributed by atoms with Gasteiger partial charge in [0.15, 0.2) is 5.96 Å². The van der Waals surface area contributed by atoms with Crippen molar-refractivity contribution in [3.8, 4) is 11.5 Å². The average Bonchev–Trinajstić information content (AvgIpc) is 2.65. The number of ether oxygens (including phenoxy) is 2. The fourth-order valence-corrected chi connectivity index (χ4v) is 2.40. The van der Waals surface area contributed by atoms with Crippen molar-refractivity contribution < 1.29 is 9.47 Å². The molecule has 0 saturated carbocycles. The summed E-state index contributed by atoms with van der Waals surface area (Å²) in [7, 11) is 5.06. The molecule has 0 radical (unpaired) electrons. The summed E-state index contributed by atoms with van der Waals surface area (Å²) in [5, 5.41) is 6.70. The Morgan fingerprint density at radius 3 is 2.40 bits per heavy atom. The summed E-state index contributed by atoms with van der Waals surface area (Å²) in [6, 6.07) is 16.2. The van der Waals surface area contributed by atoms with E-state index in [-0.39, 0.29) is 30.0 Å². The summed E-state index contributed by atoms with van der Waals surface area (Å²) in [5.74, 6) is 2.30. The molecular formula is C19H26IN3O2. The van der Waals surface area contributed by atoms with Crippen LogP contribution in [0.2, 0.25) is 0 Å². The van der Waals surface area contributed by atoms with Gasteiger partial charge in [-0.1, -0.05) is 30.3 Å². The van der Waals surface area contributed by atoms with E-state index in [1.165, 1.54) is 5.56 Å². The van der Waals surface area contributed by atoms with E-state index in [0.717, 1.165) is 23.0 Å². The molecule has 0 saturated heterocycles. The van der Waals surface area contributed by atoms with Crippen LogP contribution in [0, 0.1) is 0 Å². The number of hydrogen-bond acceptors (Lipinski definition) is 3. The Morgan fingerprint density at radius 2 is 1.80 bits per heavy atom. The predicted octanol–water partition coefficient (Wildman–Crippen LogP) is 3.75. The van der Waals surface area contributed by atoms with Crippen LogP contribution in [0.4, 0.5) is 0 Å². The first-order valence-corrected chi connectivity index (χ1v) is 7.91. The minimum atomic E-state index is 0. The van der Waals surface area contributed by atoms with E-state index in [9.17, 15) is 0 Å². The maximum absolute atomic E-state index is 5.42. The predicted molar refractivity (Wildman–Crippen MR) is 113 cm³/mol. The van der Waals surface area contributed by atoms with Gasteiger partial charge in [0.05, 0.1) is 20.3 Å². The second-order valence-corrected chi connectivity index (χ2v) is 5.38. The number of methoxy groups -OCH3 is 2. The Balaban J connectivity index is 0.00000312. The quantitative estimate of drug-likeness (QED) is 0.396. The summed E-state index contributed by atoms with van der Waals surface area (Å²) in [4.78, 5) is 4.29. The highest BCUT2D eigenvalue weighted by Crippen LogP contribution is 2.24. The first kappa shape index (κ1) is 21.1. The van der Waals surface area contributed by atoms with Gasteiger partial charge in [0.25, 0.3) is 0 Å². The molecule has 2 aromatic rings. The Bertz CT molecular complexity index is 678. The fraction of sp³-hybridized carbons (Fsp3) is 0.316. The number of guanidine groups is 1. The molecule has 2 N–H and O–H groups in total. The highest BCUT2D eigenvalue weighted by atomic mass is 127. The minimum absolute atomic E-state index is 0. The summed E-state index contributed by atoms with van der Waals surface area (Å²) < 4.78 is 10.6. The molecule has 0 aromatic heterocycles. The monoisotopic (exact) mass is 455 g/mol. The van der Waals surface area contributed by atoms with Gasteiger partial charge in [-0.25, -0.2) is 0 Å². The lowest BCUT2D eigenvalue weighted by Gasteiger charge is -2.19. The zero-order valence-electron chi connectivity index (χ0n) is 15.1. The van der Waals surface area contributed by atoms with Gasteiger partial charge in [0, 0.05) is 25.2 Å². The van der Waals surface area contributed by atoms with Gasteiger partial charge in [-0.05, 0) is 24.6 Å². The van der Waals surface area contributed by atoms with Crippen LogP contribution in [0.3, 0.4) is 0 Å². The third-order valence-electron chi connectivity index (χ3n) is 3.82. The highest BCUT2D eigenvalue weighted by molar-refractivity contribution is 14.0. The molecule has 0 spiro atoms. The molecule has 0 aliphatic rings. The van der Waals surface area contributed by atoms with Gasteiger partial charge in [-0.2, -0.15) is 0 Å². The number of nitrogens with one attached hydrogen (secondary N) is 2. The topological polar surface area (TPSA) is 54.9 Å². The fourth-order valence-electron chi connectivity index (χ4n) is 2.40. The van der Waals surface area contributed by atoms with Crippen LogP contribution in [-0.4, -0.2) is 27.2 Å². The highest BCUT2D eigenvalue weighted by Gasteiger charge is 2.09. The molecule has 0 bridgehead atoms. The number of hydrogen-bond donors (Lipinski definition) is 2. The second-order valence-electron chi connectivity index (χ2n) is 5.38. The van der Waals surface area contributed by atoms with Crippen molar-refractivity contribution in [2.24, 2.45) is 4.99 Å². The molecule has 1 atom stereocenters. The van der Waals surface area contributed by atoms with Crippen LogP contribution in [0.15, 0.2) is 53.5 Å². The molecule has 0 amide bonds. The lowest BCUT2D eigenvalue weighted by molar-refractivity contribution is 0.390. The number of benzene rings is 2. The average molecular weight is 455 g/mol. The molecule has 136 valence electrons. The summed E-state index contributed by atoms with van der Waals surface area (Å²) in [6.45, 7) is 2.71. The zero-order chi connectivity index (χ0) is 17.4. The standard InChI is InChI=1S/C19H25N3O2.HI/c1-14(15-8-6-5-7-9-15)22-19(20-2)21-13-16-10-11-17(23-3)12-18(16)24-4;/h5-12,14H,13H2,1-4H3,(H2,20,21,22);1H. The second kappa shape index (κ2) is 10.8. The van der Waals surface area contributed by atoms with Crippen molar-refractivity contribution in [2.75, 3.05) is 21.3 Å². The summed E-state index contributed by atoms with van der Waals surface area (Å²) in [5.41, 5.74) is 2.25. The Kier molecular flexibility index (Phi) is 9.12. The number of halogens is 1. The molecule has 0 fully saturated rings. The van der Waals surface area contributed by atoms with Crippen LogP contribution < -0.4 is 20.1 Å². The summed E-state index contributed by atoms with van der Waals surface area (Å²) in [6.07, 6.45) is 0. The van der Waals surface area contributed by atoms with Gasteiger partial charge >= 0.3 is 0 Å². The first-order valence-electron chi connectivity index (χ1n) is 7.91. The lowest BCUT2D eigenvalue weighted by atomic mass is 10.1. The van der Waals surface area contributed by atoms with Gasteiger partial charge in [0.2, 0.25) is 0 Å². The smallest absolute Gasteiger partial charge is 0.191 e. The molecule has 0 aliphatic heterocycles. The van der Waals surface area contributed by atoms with E-state index >= 15 is 0 Å². The SMILES string of the molecule is CN=C(NCc1ccc(OC)cc1OC)NC(C)c1ccccc1.I. The van der Waals surface area contributed by atoms with Crippen molar-refractivity contribution >= 4 is 29.9 Å². The maximum Gasteiger partial charge on any atom is 0.191 e. The van der Waals surface area contributed by atoms with Crippen molar-refractivity contribution in [3.63, 3.8) is 0 Å². The molecule has 6 heteroatoms. The lowest BCUT2D eigenvalue weighted by Crippen LogP contribution is -2.38. The van der Waals surface area contributed by atoms with Gasteiger partial charge in [0.1, 0.15) is 11.5 Å².